The predicted octanol–water partition coefficient (Wildman–Crippen LogP) is 4.71. The third kappa shape index (κ3) is 23.1. The Morgan fingerprint density at radius 3 is 1.00 bits per heavy atom. The van der Waals surface area contributed by atoms with Gasteiger partial charge >= 0.3 is 48.3 Å². The molecule has 0 saturated carbocycles. The number of alkyl carbamates (subject to hydrolysis) is 4. The van der Waals surface area contributed by atoms with Crippen molar-refractivity contribution in [2.24, 2.45) is 0 Å². The number of carbonyl (C=O) groups excluding carboxylic acids is 8. The van der Waals surface area contributed by atoms with Crippen LogP contribution in [0.3, 0.4) is 0 Å². The highest BCUT2D eigenvalue weighted by Gasteiger charge is 2.23. The molecule has 4 rings (SSSR count). The van der Waals surface area contributed by atoms with E-state index in [0.717, 1.165) is 39.1 Å². The Morgan fingerprint density at radius 1 is 0.410 bits per heavy atom. The molecule has 0 fully saturated rings. The van der Waals surface area contributed by atoms with E-state index in [4.69, 9.17) is 37.9 Å². The molecule has 0 atom stereocenters. The lowest BCUT2D eigenvalue weighted by molar-refractivity contribution is -0.418. The number of hydrogen-bond donors (Lipinski definition) is 5. The molecule has 0 spiro atoms. The minimum atomic E-state index is -0.735. The second-order valence-electron chi connectivity index (χ2n) is 18.3. The summed E-state index contributed by atoms with van der Waals surface area (Å²) >= 11 is 0. The molecular formula is C60H74N7O16+. The van der Waals surface area contributed by atoms with Crippen molar-refractivity contribution in [3.63, 3.8) is 0 Å². The molecule has 0 unspecified atom stereocenters. The van der Waals surface area contributed by atoms with Crippen LogP contribution >= 0.6 is 0 Å². The van der Waals surface area contributed by atoms with E-state index >= 15 is 0 Å². The normalized spacial score (nSPS) is 11.5. The van der Waals surface area contributed by atoms with Crippen molar-refractivity contribution in [3.05, 3.63) is 156 Å². The van der Waals surface area contributed by atoms with Crippen LogP contribution in [-0.2, 0) is 57.1 Å². The van der Waals surface area contributed by atoms with Gasteiger partial charge in [-0.3, -0.25) is 0 Å². The standard InChI is InChI=1S/C60H73N7O16/c1-40(2)53(68)76-32-24-62-57(72)80-36-28-66(29-37-81-58(73)63-25-33-77-54(69)41(3)4)46-18-14-44(15-19-46)52(50-22-23-51(61-9)49-13-11-10-12-48(49)50)45-16-20-47(21-17-45)67(30-38-82-59(74)64-26-34-78-55(70)42(5)6)31-39-83-60(75)65-27-35-79-56(71)43(7)8/h10-23H,1,3,5,7,24-39H2,2,4,6,8-9H3,(H,62,72)(H,63,73)(H,64,74)(H,65,75)/p+1. The lowest BCUT2D eigenvalue weighted by Gasteiger charge is -2.26. The molecular weight excluding hydrogens is 1070 g/mol. The van der Waals surface area contributed by atoms with E-state index in [1.807, 2.05) is 102 Å². The smallest absolute Gasteiger partial charge is 0.407 e. The van der Waals surface area contributed by atoms with Crippen molar-refractivity contribution < 1.29 is 81.2 Å². The summed E-state index contributed by atoms with van der Waals surface area (Å²) in [5.74, 6) is -2.33. The van der Waals surface area contributed by atoms with Gasteiger partial charge in [-0.15, -0.1) is 0 Å². The number of esters is 4. The van der Waals surface area contributed by atoms with Crippen molar-refractivity contribution in [1.29, 1.82) is 0 Å². The maximum atomic E-state index is 12.6. The summed E-state index contributed by atoms with van der Waals surface area (Å²) < 4.78 is 41.9. The Labute approximate surface area is 483 Å². The highest BCUT2D eigenvalue weighted by molar-refractivity contribution is 6.17. The van der Waals surface area contributed by atoms with Crippen LogP contribution in [0.4, 0.5) is 30.6 Å². The van der Waals surface area contributed by atoms with Crippen LogP contribution in [0.25, 0.3) is 11.1 Å². The number of rotatable bonds is 32. The third-order valence-electron chi connectivity index (χ3n) is 11.7. The summed E-state index contributed by atoms with van der Waals surface area (Å²) in [6, 6.07) is 23.4. The van der Waals surface area contributed by atoms with E-state index in [0.29, 0.717) is 11.4 Å². The second-order valence-corrected chi connectivity index (χ2v) is 18.3. The molecule has 4 amide bonds. The van der Waals surface area contributed by atoms with Gasteiger partial charge in [-0.2, -0.15) is 0 Å². The molecule has 83 heavy (non-hydrogen) atoms. The van der Waals surface area contributed by atoms with E-state index < -0.39 is 48.3 Å². The molecule has 3 aromatic rings. The highest BCUT2D eigenvalue weighted by atomic mass is 16.6. The number of allylic oxidation sites excluding steroid dienone is 3. The summed E-state index contributed by atoms with van der Waals surface area (Å²) in [6.07, 6.45) is 1.11. The molecule has 23 nitrogen and oxygen atoms in total. The Kier molecular flexibility index (Phi) is 27.9. The fourth-order valence-electron chi connectivity index (χ4n) is 7.51. The van der Waals surface area contributed by atoms with Gasteiger partial charge in [0, 0.05) is 39.7 Å². The highest BCUT2D eigenvalue weighted by Crippen LogP contribution is 2.38. The van der Waals surface area contributed by atoms with Gasteiger partial charge in [0.15, 0.2) is 0 Å². The lowest BCUT2D eigenvalue weighted by atomic mass is 9.83. The zero-order chi connectivity index (χ0) is 60.7. The van der Waals surface area contributed by atoms with Crippen molar-refractivity contribution in [3.8, 4) is 0 Å². The summed E-state index contributed by atoms with van der Waals surface area (Å²) in [6.45, 7) is 20.3. The number of carbonyl (C=O) groups is 8. The number of benzene rings is 3. The van der Waals surface area contributed by atoms with Gasteiger partial charge in [-0.05, 0) is 91.9 Å². The van der Waals surface area contributed by atoms with Crippen LogP contribution in [0.5, 0.6) is 0 Å². The van der Waals surface area contributed by atoms with Crippen LogP contribution in [0.2, 0.25) is 0 Å². The topological polar surface area (TPSA) is 279 Å². The number of ether oxygens (including phenoxy) is 8. The van der Waals surface area contributed by atoms with Gasteiger partial charge in [0.05, 0.1) is 57.9 Å². The van der Waals surface area contributed by atoms with Crippen LogP contribution in [0, 0.1) is 0 Å². The van der Waals surface area contributed by atoms with E-state index in [1.165, 1.54) is 27.7 Å². The Hall–Kier alpha value is -9.67. The molecule has 0 saturated heterocycles. The van der Waals surface area contributed by atoms with Crippen LogP contribution in [-0.4, -0.2) is 166 Å². The van der Waals surface area contributed by atoms with Gasteiger partial charge in [0.1, 0.15) is 59.9 Å². The quantitative estimate of drug-likeness (QED) is 0.0245. The zero-order valence-corrected chi connectivity index (χ0v) is 47.7. The number of nitrogens with one attached hydrogen (secondary N) is 5. The van der Waals surface area contributed by atoms with E-state index in [-0.39, 0.29) is 128 Å². The second kappa shape index (κ2) is 35.1. The van der Waals surface area contributed by atoms with Crippen molar-refractivity contribution in [2.75, 3.05) is 122 Å². The van der Waals surface area contributed by atoms with Gasteiger partial charge in [0.2, 0.25) is 5.71 Å². The zero-order valence-electron chi connectivity index (χ0n) is 47.7. The monoisotopic (exact) mass is 1150 g/mol. The minimum Gasteiger partial charge on any atom is -0.460 e. The molecule has 3 aromatic carbocycles. The number of fused-ring (bicyclic) bond motifs is 1. The fraction of sp³-hybridized carbons (Fsp3) is 0.350. The SMILES string of the molecule is C=C(C)C(=O)OCCNC(=O)OCCN(CCOC(=O)NCCOC(=O)C(=C)C)c1ccc(C(=C2C=CC(=[NH+]C)c3ccccc32)c2ccc(N(CCOC(=O)NCCOC(=O)C(=C)C)CCOC(=O)NCCOC(=O)C(=C)C)cc2)cc1. The summed E-state index contributed by atoms with van der Waals surface area (Å²) in [5, 5.41) is 10.2. The molecule has 1 aliphatic carbocycles. The Morgan fingerprint density at radius 2 is 0.711 bits per heavy atom. The molecule has 0 heterocycles. The van der Waals surface area contributed by atoms with Crippen molar-refractivity contribution in [1.82, 2.24) is 21.3 Å². The first-order chi connectivity index (χ1) is 39.8. The maximum absolute atomic E-state index is 12.6. The summed E-state index contributed by atoms with van der Waals surface area (Å²) in [5.41, 5.74) is 8.61. The van der Waals surface area contributed by atoms with Gasteiger partial charge in [-0.1, -0.05) is 68.8 Å². The maximum Gasteiger partial charge on any atom is 0.407 e. The largest absolute Gasteiger partial charge is 0.460 e. The lowest BCUT2D eigenvalue weighted by Crippen LogP contribution is -2.68. The van der Waals surface area contributed by atoms with Crippen LogP contribution in [0.15, 0.2) is 134 Å². The Bertz CT molecular complexity index is 2660. The van der Waals surface area contributed by atoms with Gasteiger partial charge < -0.3 is 69.0 Å². The van der Waals surface area contributed by atoms with E-state index in [9.17, 15) is 38.4 Å². The Balaban J connectivity index is 1.62. The van der Waals surface area contributed by atoms with Crippen LogP contribution < -0.4 is 36.1 Å². The van der Waals surface area contributed by atoms with Gasteiger partial charge in [0.25, 0.3) is 0 Å². The number of hydrogen-bond acceptors (Lipinski definition) is 18. The molecule has 0 aliphatic heterocycles. The molecule has 0 aromatic heterocycles. The average molecular weight is 1150 g/mol. The number of amides is 4. The number of nitrogens with zero attached hydrogens (tertiary/aromatic N) is 2. The first kappa shape index (κ1) is 65.8. The van der Waals surface area contributed by atoms with Gasteiger partial charge in [-0.25, -0.2) is 43.3 Å². The number of anilines is 2. The molecule has 1 aliphatic rings. The third-order valence-corrected chi connectivity index (χ3v) is 11.7. The average Bonchev–Trinajstić information content (AvgIpc) is 3.67. The molecule has 5 N–H and O–H groups in total. The summed E-state index contributed by atoms with van der Waals surface area (Å²) in [4.78, 5) is 104. The molecule has 0 radical (unpaired) electrons. The molecule has 23 heteroatoms. The first-order valence-corrected chi connectivity index (χ1v) is 26.5. The van der Waals surface area contributed by atoms with Crippen LogP contribution in [0.1, 0.15) is 49.9 Å². The fourth-order valence-corrected chi connectivity index (χ4v) is 7.51. The van der Waals surface area contributed by atoms with E-state index in [1.54, 1.807) is 0 Å². The molecule has 444 valence electrons. The first-order valence-electron chi connectivity index (χ1n) is 26.5. The van der Waals surface area contributed by atoms with E-state index in [2.05, 4.69) is 52.6 Å². The molecule has 0 bridgehead atoms. The predicted molar refractivity (Wildman–Crippen MR) is 310 cm³/mol. The van der Waals surface area contributed by atoms with Crippen molar-refractivity contribution >= 4 is 76.5 Å². The minimum absolute atomic E-state index is 0.00941. The summed E-state index contributed by atoms with van der Waals surface area (Å²) in [7, 11) is 1.86. The van der Waals surface area contributed by atoms with Crippen molar-refractivity contribution in [2.45, 2.75) is 27.7 Å².